The summed E-state index contributed by atoms with van der Waals surface area (Å²) in [6.07, 6.45) is 0.336. The molecule has 1 rings (SSSR count). The van der Waals surface area contributed by atoms with Crippen molar-refractivity contribution in [1.29, 1.82) is 0 Å². The average molecular weight is 320 g/mol. The van der Waals surface area contributed by atoms with Crippen LogP contribution in [0.25, 0.3) is 0 Å². The number of hydrogen-bond donors (Lipinski definition) is 1. The van der Waals surface area contributed by atoms with Crippen molar-refractivity contribution in [2.75, 3.05) is 13.2 Å². The molecule has 1 N–H and O–H groups in total. The monoisotopic (exact) mass is 320 g/mol. The van der Waals surface area contributed by atoms with Crippen molar-refractivity contribution in [3.05, 3.63) is 46.5 Å². The van der Waals surface area contributed by atoms with Crippen LogP contribution >= 0.6 is 0 Å². The molecule has 0 radical (unpaired) electrons. The van der Waals surface area contributed by atoms with E-state index in [0.717, 1.165) is 5.57 Å². The molecule has 1 aromatic rings. The van der Waals surface area contributed by atoms with Crippen LogP contribution in [0.15, 0.2) is 35.4 Å². The molecular weight excluding hydrogens is 300 g/mol. The average Bonchev–Trinajstić information content (AvgIpc) is 2.53. The van der Waals surface area contributed by atoms with Crippen molar-refractivity contribution in [3.63, 3.8) is 0 Å². The van der Waals surface area contributed by atoms with Crippen LogP contribution in [0.2, 0.25) is 0 Å². The number of carbonyl (C=O) groups is 3. The summed E-state index contributed by atoms with van der Waals surface area (Å²) in [7, 11) is 0. The summed E-state index contributed by atoms with van der Waals surface area (Å²) < 4.78 is 10.0. The molecule has 0 saturated carbocycles. The van der Waals surface area contributed by atoms with Crippen LogP contribution in [0.5, 0.6) is 0 Å². The van der Waals surface area contributed by atoms with Gasteiger partial charge in [-0.25, -0.2) is 14.4 Å². The Labute approximate surface area is 134 Å². The van der Waals surface area contributed by atoms with E-state index in [1.54, 1.807) is 13.0 Å². The van der Waals surface area contributed by atoms with Crippen LogP contribution in [-0.4, -0.2) is 36.2 Å². The molecule has 0 aliphatic carbocycles. The number of carboxylic acid groups (broad SMARTS) is 1. The molecule has 0 atom stereocenters. The maximum Gasteiger partial charge on any atom is 0.339 e. The molecule has 23 heavy (non-hydrogen) atoms. The van der Waals surface area contributed by atoms with Crippen molar-refractivity contribution in [2.24, 2.45) is 0 Å². The first kappa shape index (κ1) is 18.4. The quantitative estimate of drug-likeness (QED) is 0.472. The lowest BCUT2D eigenvalue weighted by atomic mass is 10.1. The van der Waals surface area contributed by atoms with Crippen molar-refractivity contribution >= 4 is 17.9 Å². The number of benzene rings is 1. The number of hydrogen-bond acceptors (Lipinski definition) is 5. The minimum absolute atomic E-state index is 0.00243. The lowest BCUT2D eigenvalue weighted by molar-refractivity contribution is -0.139. The maximum atomic E-state index is 11.9. The summed E-state index contributed by atoms with van der Waals surface area (Å²) >= 11 is 0. The zero-order chi connectivity index (χ0) is 17.4. The highest BCUT2D eigenvalue weighted by atomic mass is 16.5. The molecule has 0 fully saturated rings. The van der Waals surface area contributed by atoms with E-state index in [1.807, 2.05) is 13.8 Å². The van der Waals surface area contributed by atoms with Gasteiger partial charge in [0.15, 0.2) is 0 Å². The highest BCUT2D eigenvalue weighted by Crippen LogP contribution is 2.10. The third-order valence-corrected chi connectivity index (χ3v) is 3.19. The summed E-state index contributed by atoms with van der Waals surface area (Å²) in [4.78, 5) is 34.5. The van der Waals surface area contributed by atoms with Crippen LogP contribution < -0.4 is 0 Å². The normalized spacial score (nSPS) is 9.87. The van der Waals surface area contributed by atoms with Crippen LogP contribution in [0, 0.1) is 0 Å². The van der Waals surface area contributed by atoms with Crippen molar-refractivity contribution in [3.8, 4) is 0 Å². The molecule has 0 unspecified atom stereocenters. The molecule has 0 bridgehead atoms. The van der Waals surface area contributed by atoms with Gasteiger partial charge in [0, 0.05) is 12.0 Å². The fraction of sp³-hybridized carbons (Fsp3) is 0.353. The standard InChI is InChI=1S/C17H20O6/c1-11(2)12(3)16(20)22-9-6-10-23-17(21)14-8-5-4-7-13(14)15(18)19/h4-5,7-8H,6,9-10H2,1-3H3,(H,18,19). The van der Waals surface area contributed by atoms with Gasteiger partial charge >= 0.3 is 17.9 Å². The van der Waals surface area contributed by atoms with Crippen LogP contribution in [0.4, 0.5) is 0 Å². The fourth-order valence-electron chi connectivity index (χ4n) is 1.63. The van der Waals surface area contributed by atoms with Gasteiger partial charge in [0.25, 0.3) is 0 Å². The van der Waals surface area contributed by atoms with E-state index < -0.39 is 17.9 Å². The van der Waals surface area contributed by atoms with Gasteiger partial charge < -0.3 is 14.6 Å². The van der Waals surface area contributed by atoms with Gasteiger partial charge in [-0.3, -0.25) is 0 Å². The molecule has 0 aliphatic heterocycles. The second-order valence-corrected chi connectivity index (χ2v) is 5.10. The van der Waals surface area contributed by atoms with E-state index in [9.17, 15) is 14.4 Å². The topological polar surface area (TPSA) is 89.9 Å². The van der Waals surface area contributed by atoms with Crippen molar-refractivity contribution in [2.45, 2.75) is 27.2 Å². The number of ether oxygens (including phenoxy) is 2. The van der Waals surface area contributed by atoms with Gasteiger partial charge in [-0.05, 0) is 32.9 Å². The van der Waals surface area contributed by atoms with E-state index in [4.69, 9.17) is 14.6 Å². The van der Waals surface area contributed by atoms with Crippen molar-refractivity contribution in [1.82, 2.24) is 0 Å². The smallest absolute Gasteiger partial charge is 0.339 e. The molecule has 6 nitrogen and oxygen atoms in total. The Bertz CT molecular complexity index is 626. The summed E-state index contributed by atoms with van der Waals surface area (Å²) in [6, 6.07) is 5.82. The van der Waals surface area contributed by atoms with E-state index in [-0.39, 0.29) is 24.3 Å². The van der Waals surface area contributed by atoms with Gasteiger partial charge in [0.1, 0.15) is 0 Å². The molecular formula is C17H20O6. The van der Waals surface area contributed by atoms with Gasteiger partial charge in [-0.15, -0.1) is 0 Å². The number of esters is 2. The molecule has 0 saturated heterocycles. The van der Waals surface area contributed by atoms with Crippen LogP contribution in [0.1, 0.15) is 47.9 Å². The summed E-state index contributed by atoms with van der Waals surface area (Å²) in [5, 5.41) is 9.01. The Morgan fingerprint density at radius 2 is 1.52 bits per heavy atom. The molecule has 0 aromatic heterocycles. The first-order valence-corrected chi connectivity index (χ1v) is 7.15. The van der Waals surface area contributed by atoms with E-state index in [0.29, 0.717) is 12.0 Å². The largest absolute Gasteiger partial charge is 0.478 e. The summed E-state index contributed by atoms with van der Waals surface area (Å²) in [5.41, 5.74) is 1.32. The Morgan fingerprint density at radius 3 is 2.09 bits per heavy atom. The Balaban J connectivity index is 2.43. The van der Waals surface area contributed by atoms with Crippen LogP contribution in [0.3, 0.4) is 0 Å². The predicted octanol–water partition coefficient (Wildman–Crippen LogP) is 2.83. The zero-order valence-electron chi connectivity index (χ0n) is 13.4. The van der Waals surface area contributed by atoms with Gasteiger partial charge in [-0.2, -0.15) is 0 Å². The molecule has 0 amide bonds. The molecule has 1 aromatic carbocycles. The first-order chi connectivity index (χ1) is 10.8. The predicted molar refractivity (Wildman–Crippen MR) is 83.3 cm³/mol. The maximum absolute atomic E-state index is 11.9. The molecule has 0 spiro atoms. The van der Waals surface area contributed by atoms with E-state index in [2.05, 4.69) is 0 Å². The second-order valence-electron chi connectivity index (χ2n) is 5.10. The van der Waals surface area contributed by atoms with E-state index in [1.165, 1.54) is 18.2 Å². The zero-order valence-corrected chi connectivity index (χ0v) is 13.4. The van der Waals surface area contributed by atoms with Gasteiger partial charge in [-0.1, -0.05) is 17.7 Å². The van der Waals surface area contributed by atoms with Gasteiger partial charge in [0.05, 0.1) is 24.3 Å². The lowest BCUT2D eigenvalue weighted by Gasteiger charge is -2.08. The summed E-state index contributed by atoms with van der Waals surface area (Å²) in [5.74, 6) is -2.30. The minimum atomic E-state index is -1.19. The molecule has 6 heteroatoms. The Hall–Kier alpha value is -2.63. The Morgan fingerprint density at radius 1 is 0.957 bits per heavy atom. The third kappa shape index (κ3) is 5.58. The first-order valence-electron chi connectivity index (χ1n) is 7.15. The Kier molecular flexibility index (Phi) is 6.99. The number of carbonyl (C=O) groups excluding carboxylic acids is 2. The second kappa shape index (κ2) is 8.73. The number of rotatable bonds is 7. The molecule has 0 heterocycles. The fourth-order valence-corrected chi connectivity index (χ4v) is 1.63. The minimum Gasteiger partial charge on any atom is -0.478 e. The highest BCUT2D eigenvalue weighted by molar-refractivity contribution is 6.02. The van der Waals surface area contributed by atoms with Gasteiger partial charge in [0.2, 0.25) is 0 Å². The number of allylic oxidation sites excluding steroid dienone is 1. The number of aromatic carboxylic acids is 1. The number of carboxylic acids is 1. The van der Waals surface area contributed by atoms with E-state index >= 15 is 0 Å². The third-order valence-electron chi connectivity index (χ3n) is 3.19. The molecule has 0 aliphatic rings. The van der Waals surface area contributed by atoms with Crippen molar-refractivity contribution < 1.29 is 29.0 Å². The molecule has 124 valence electrons. The lowest BCUT2D eigenvalue weighted by Crippen LogP contribution is -2.14. The van der Waals surface area contributed by atoms with Crippen LogP contribution in [-0.2, 0) is 14.3 Å². The summed E-state index contributed by atoms with van der Waals surface area (Å²) in [6.45, 7) is 5.47. The SMILES string of the molecule is CC(C)=C(C)C(=O)OCCCOC(=O)c1ccccc1C(=O)O. The highest BCUT2D eigenvalue weighted by Gasteiger charge is 2.16.